The number of hydrogen-bond acceptors (Lipinski definition) is 3. The Labute approximate surface area is 120 Å². The van der Waals surface area contributed by atoms with Crippen LogP contribution in [0.2, 0.25) is 0 Å². The Bertz CT molecular complexity index is 637. The molecule has 0 aliphatic heterocycles. The lowest BCUT2D eigenvalue weighted by Gasteiger charge is -2.12. The van der Waals surface area contributed by atoms with Crippen LogP contribution in [0, 0.1) is 17.8 Å². The maximum atomic E-state index is 12.0. The minimum Gasteiger partial charge on any atom is -0.384 e. The molecule has 0 amide bonds. The summed E-state index contributed by atoms with van der Waals surface area (Å²) < 4.78 is 26.7. The van der Waals surface area contributed by atoms with Crippen LogP contribution in [0.15, 0.2) is 18.2 Å². The zero-order valence-electron chi connectivity index (χ0n) is 11.5. The first-order valence-electron chi connectivity index (χ1n) is 6.77. The van der Waals surface area contributed by atoms with E-state index < -0.39 is 10.0 Å². The van der Waals surface area contributed by atoms with Gasteiger partial charge in [0.1, 0.15) is 6.61 Å². The number of aliphatic hydroxyl groups is 1. The van der Waals surface area contributed by atoms with Gasteiger partial charge >= 0.3 is 0 Å². The van der Waals surface area contributed by atoms with Gasteiger partial charge in [0.2, 0.25) is 10.0 Å². The van der Waals surface area contributed by atoms with Crippen molar-refractivity contribution in [1.29, 1.82) is 0 Å². The van der Waals surface area contributed by atoms with E-state index in [0.29, 0.717) is 11.6 Å². The number of benzene rings is 1. The molecule has 0 atom stereocenters. The third-order valence-electron chi connectivity index (χ3n) is 3.22. The molecule has 1 fully saturated rings. The Hall–Kier alpha value is -1.51. The lowest BCUT2D eigenvalue weighted by Crippen LogP contribution is -2.18. The molecule has 1 aliphatic rings. The SMILES string of the molecule is CCc1cc(C#CCO)ccc1NS(=O)(=O)CC1CC1. The van der Waals surface area contributed by atoms with Crippen LogP contribution < -0.4 is 4.72 Å². The summed E-state index contributed by atoms with van der Waals surface area (Å²) in [6.45, 7) is 1.79. The van der Waals surface area contributed by atoms with E-state index in [-0.39, 0.29) is 12.4 Å². The molecular formula is C15H19NO3S. The van der Waals surface area contributed by atoms with Crippen molar-refractivity contribution >= 4 is 15.7 Å². The third-order valence-corrected chi connectivity index (χ3v) is 4.66. The highest BCUT2D eigenvalue weighted by Gasteiger charge is 2.28. The summed E-state index contributed by atoms with van der Waals surface area (Å²) in [6.07, 6.45) is 2.74. The molecule has 1 aromatic rings. The van der Waals surface area contributed by atoms with Gasteiger partial charge in [0.25, 0.3) is 0 Å². The van der Waals surface area contributed by atoms with Crippen molar-refractivity contribution in [3.05, 3.63) is 29.3 Å². The van der Waals surface area contributed by atoms with Crippen molar-refractivity contribution in [2.75, 3.05) is 17.1 Å². The molecule has 0 radical (unpaired) electrons. The zero-order chi connectivity index (χ0) is 14.6. The fraction of sp³-hybridized carbons (Fsp3) is 0.467. The fourth-order valence-electron chi connectivity index (χ4n) is 2.01. The van der Waals surface area contributed by atoms with Crippen molar-refractivity contribution in [2.45, 2.75) is 26.2 Å². The van der Waals surface area contributed by atoms with Crippen molar-refractivity contribution in [2.24, 2.45) is 5.92 Å². The van der Waals surface area contributed by atoms with Crippen LogP contribution in [0.3, 0.4) is 0 Å². The van der Waals surface area contributed by atoms with Gasteiger partial charge in [-0.1, -0.05) is 18.8 Å². The van der Waals surface area contributed by atoms with Crippen molar-refractivity contribution < 1.29 is 13.5 Å². The summed E-state index contributed by atoms with van der Waals surface area (Å²) >= 11 is 0. The number of hydrogen-bond donors (Lipinski definition) is 2. The maximum Gasteiger partial charge on any atom is 0.233 e. The number of sulfonamides is 1. The lowest BCUT2D eigenvalue weighted by molar-refractivity contribution is 0.350. The summed E-state index contributed by atoms with van der Waals surface area (Å²) in [5, 5.41) is 8.69. The number of anilines is 1. The van der Waals surface area contributed by atoms with Crippen LogP contribution in [0.4, 0.5) is 5.69 Å². The molecular weight excluding hydrogens is 274 g/mol. The molecule has 0 spiro atoms. The Kier molecular flexibility index (Phi) is 4.69. The van der Waals surface area contributed by atoms with E-state index >= 15 is 0 Å². The van der Waals surface area contributed by atoms with Crippen molar-refractivity contribution in [3.8, 4) is 11.8 Å². The molecule has 5 heteroatoms. The molecule has 1 aliphatic carbocycles. The van der Waals surface area contributed by atoms with Gasteiger partial charge in [-0.05, 0) is 48.9 Å². The summed E-state index contributed by atoms with van der Waals surface area (Å²) in [5.41, 5.74) is 2.32. The lowest BCUT2D eigenvalue weighted by atomic mass is 10.1. The van der Waals surface area contributed by atoms with Crippen LogP contribution in [-0.2, 0) is 16.4 Å². The Morgan fingerprint density at radius 1 is 1.40 bits per heavy atom. The molecule has 20 heavy (non-hydrogen) atoms. The van der Waals surface area contributed by atoms with Gasteiger partial charge < -0.3 is 5.11 Å². The minimum atomic E-state index is -3.26. The molecule has 2 N–H and O–H groups in total. The smallest absolute Gasteiger partial charge is 0.233 e. The molecule has 0 heterocycles. The van der Waals surface area contributed by atoms with Crippen LogP contribution in [0.1, 0.15) is 30.9 Å². The van der Waals surface area contributed by atoms with Gasteiger partial charge in [0.05, 0.1) is 11.4 Å². The van der Waals surface area contributed by atoms with Crippen LogP contribution >= 0.6 is 0 Å². The highest BCUT2D eigenvalue weighted by molar-refractivity contribution is 7.92. The van der Waals surface area contributed by atoms with E-state index in [0.717, 1.165) is 30.4 Å². The molecule has 108 valence electrons. The molecule has 0 bridgehead atoms. The Morgan fingerprint density at radius 3 is 2.75 bits per heavy atom. The van der Waals surface area contributed by atoms with Gasteiger partial charge in [-0.3, -0.25) is 4.72 Å². The summed E-state index contributed by atoms with van der Waals surface area (Å²) in [5.74, 6) is 5.95. The molecule has 0 saturated heterocycles. The number of nitrogens with one attached hydrogen (secondary N) is 1. The summed E-state index contributed by atoms with van der Waals surface area (Å²) in [6, 6.07) is 5.36. The fourth-order valence-corrected chi connectivity index (χ4v) is 3.58. The summed E-state index contributed by atoms with van der Waals surface area (Å²) in [4.78, 5) is 0. The molecule has 0 unspecified atom stereocenters. The average Bonchev–Trinajstić information content (AvgIpc) is 3.20. The van der Waals surface area contributed by atoms with E-state index in [2.05, 4.69) is 16.6 Å². The van der Waals surface area contributed by atoms with E-state index in [1.807, 2.05) is 13.0 Å². The third kappa shape index (κ3) is 4.26. The van der Waals surface area contributed by atoms with E-state index in [1.54, 1.807) is 12.1 Å². The number of aryl methyl sites for hydroxylation is 1. The van der Waals surface area contributed by atoms with Crippen molar-refractivity contribution in [1.82, 2.24) is 0 Å². The predicted octanol–water partition coefficient (Wildman–Crippen LogP) is 1.74. The normalized spacial score (nSPS) is 14.5. The van der Waals surface area contributed by atoms with Crippen LogP contribution in [-0.4, -0.2) is 25.9 Å². The second-order valence-corrected chi connectivity index (χ2v) is 6.78. The number of aliphatic hydroxyl groups excluding tert-OH is 1. The highest BCUT2D eigenvalue weighted by Crippen LogP contribution is 2.31. The van der Waals surface area contributed by atoms with E-state index in [9.17, 15) is 8.42 Å². The van der Waals surface area contributed by atoms with Crippen LogP contribution in [0.5, 0.6) is 0 Å². The molecule has 1 saturated carbocycles. The second kappa shape index (κ2) is 6.29. The average molecular weight is 293 g/mol. The van der Waals surface area contributed by atoms with Gasteiger partial charge in [-0.15, -0.1) is 0 Å². The Balaban J connectivity index is 2.18. The first-order valence-corrected chi connectivity index (χ1v) is 8.42. The second-order valence-electron chi connectivity index (χ2n) is 5.01. The zero-order valence-corrected chi connectivity index (χ0v) is 12.3. The molecule has 1 aromatic carbocycles. The van der Waals surface area contributed by atoms with Gasteiger partial charge in [0, 0.05) is 5.56 Å². The monoisotopic (exact) mass is 293 g/mol. The van der Waals surface area contributed by atoms with Gasteiger partial charge in [-0.2, -0.15) is 0 Å². The predicted molar refractivity (Wildman–Crippen MR) is 79.9 cm³/mol. The Morgan fingerprint density at radius 2 is 2.15 bits per heavy atom. The largest absolute Gasteiger partial charge is 0.384 e. The highest BCUT2D eigenvalue weighted by atomic mass is 32.2. The minimum absolute atomic E-state index is 0.183. The van der Waals surface area contributed by atoms with Crippen molar-refractivity contribution in [3.63, 3.8) is 0 Å². The molecule has 2 rings (SSSR count). The molecule has 0 aromatic heterocycles. The van der Waals surface area contributed by atoms with E-state index in [1.165, 1.54) is 0 Å². The van der Waals surface area contributed by atoms with E-state index in [4.69, 9.17) is 5.11 Å². The molecule has 4 nitrogen and oxygen atoms in total. The maximum absolute atomic E-state index is 12.0. The first kappa shape index (κ1) is 14.9. The summed E-state index contributed by atoms with van der Waals surface area (Å²) in [7, 11) is -3.26. The van der Waals surface area contributed by atoms with Gasteiger partial charge in [0.15, 0.2) is 0 Å². The standard InChI is InChI=1S/C15H19NO3S/c1-2-14-10-12(4-3-9-17)7-8-15(14)16-20(18,19)11-13-5-6-13/h7-8,10,13,16-17H,2,5-6,9,11H2,1H3. The van der Waals surface area contributed by atoms with Gasteiger partial charge in [-0.25, -0.2) is 8.42 Å². The first-order chi connectivity index (χ1) is 9.54. The topological polar surface area (TPSA) is 66.4 Å². The quantitative estimate of drug-likeness (QED) is 0.813. The van der Waals surface area contributed by atoms with Crippen LogP contribution in [0.25, 0.3) is 0 Å². The number of rotatable bonds is 5.